The van der Waals surface area contributed by atoms with E-state index in [0.29, 0.717) is 6.54 Å². The van der Waals surface area contributed by atoms with Crippen LogP contribution in [0.15, 0.2) is 67.4 Å². The highest BCUT2D eigenvalue weighted by Gasteiger charge is 2.21. The third-order valence-corrected chi connectivity index (χ3v) is 4.01. The highest BCUT2D eigenvalue weighted by molar-refractivity contribution is 5.78. The van der Waals surface area contributed by atoms with Crippen LogP contribution in [0.3, 0.4) is 0 Å². The third-order valence-electron chi connectivity index (χ3n) is 4.01. The van der Waals surface area contributed by atoms with Gasteiger partial charge in [0, 0.05) is 36.1 Å². The second kappa shape index (κ2) is 6.66. The lowest BCUT2D eigenvalue weighted by atomic mass is 9.85. The molecule has 0 radical (unpaired) electrons. The Morgan fingerprint density at radius 1 is 1.17 bits per heavy atom. The van der Waals surface area contributed by atoms with Gasteiger partial charge >= 0.3 is 6.03 Å². The van der Waals surface area contributed by atoms with E-state index >= 15 is 0 Å². The van der Waals surface area contributed by atoms with Crippen LogP contribution in [0.5, 0.6) is 0 Å². The maximum atomic E-state index is 12.4. The lowest BCUT2D eigenvalue weighted by molar-refractivity contribution is 0.240. The summed E-state index contributed by atoms with van der Waals surface area (Å²) in [6.07, 6.45) is 6.66. The molecule has 0 aliphatic rings. The van der Waals surface area contributed by atoms with E-state index in [1.807, 2.05) is 30.3 Å². The highest BCUT2D eigenvalue weighted by atomic mass is 16.2. The van der Waals surface area contributed by atoms with Crippen molar-refractivity contribution in [2.24, 2.45) is 0 Å². The Bertz CT molecular complexity index is 810. The fourth-order valence-electron chi connectivity index (χ4n) is 2.48. The van der Waals surface area contributed by atoms with Crippen LogP contribution in [0.1, 0.15) is 19.4 Å². The monoisotopic (exact) mass is 320 g/mol. The number of imidazole rings is 1. The second-order valence-electron chi connectivity index (χ2n) is 6.32. The first-order valence-electron chi connectivity index (χ1n) is 7.84. The molecule has 0 unspecified atom stereocenters. The Hall–Kier alpha value is -2.95. The molecule has 3 aromatic rings. The van der Waals surface area contributed by atoms with Crippen LogP contribution >= 0.6 is 0 Å². The van der Waals surface area contributed by atoms with Gasteiger partial charge in [-0.3, -0.25) is 9.55 Å². The van der Waals surface area contributed by atoms with Gasteiger partial charge in [0.25, 0.3) is 0 Å². The second-order valence-corrected chi connectivity index (χ2v) is 6.32. The molecule has 5 heteroatoms. The van der Waals surface area contributed by atoms with Crippen molar-refractivity contribution in [3.05, 3.63) is 72.9 Å². The Labute approximate surface area is 141 Å². The van der Waals surface area contributed by atoms with Crippen molar-refractivity contribution < 1.29 is 4.79 Å². The van der Waals surface area contributed by atoms with Crippen molar-refractivity contribution in [2.45, 2.75) is 19.3 Å². The van der Waals surface area contributed by atoms with Crippen LogP contribution in [-0.2, 0) is 5.41 Å². The summed E-state index contributed by atoms with van der Waals surface area (Å²) in [5.41, 5.74) is 2.64. The number of aromatic nitrogens is 3. The zero-order valence-electron chi connectivity index (χ0n) is 13.8. The number of rotatable bonds is 4. The van der Waals surface area contributed by atoms with Crippen LogP contribution < -0.4 is 5.32 Å². The molecule has 0 fully saturated rings. The minimum absolute atomic E-state index is 0.149. The van der Waals surface area contributed by atoms with Gasteiger partial charge in [0.2, 0.25) is 0 Å². The molecule has 2 heterocycles. The molecule has 0 saturated carbocycles. The lowest BCUT2D eigenvalue weighted by Gasteiger charge is -2.25. The molecule has 122 valence electrons. The first-order chi connectivity index (χ1) is 11.6. The Kier molecular flexibility index (Phi) is 4.42. The van der Waals surface area contributed by atoms with Gasteiger partial charge in [-0.25, -0.2) is 9.78 Å². The molecular weight excluding hydrogens is 300 g/mol. The Balaban J connectivity index is 1.67. The number of benzene rings is 1. The zero-order chi connectivity index (χ0) is 17.0. The van der Waals surface area contributed by atoms with Crippen LogP contribution in [-0.4, -0.2) is 27.1 Å². The minimum Gasteiger partial charge on any atom is -0.336 e. The Morgan fingerprint density at radius 2 is 1.96 bits per heavy atom. The van der Waals surface area contributed by atoms with Crippen LogP contribution in [0.4, 0.5) is 4.79 Å². The Morgan fingerprint density at radius 3 is 2.67 bits per heavy atom. The van der Waals surface area contributed by atoms with Gasteiger partial charge in [0.1, 0.15) is 6.33 Å². The summed E-state index contributed by atoms with van der Waals surface area (Å²) >= 11 is 0. The SMILES string of the molecule is CC(C)(CNC(=O)n1cnc(-c2cccnc2)c1)c1ccccc1. The van der Waals surface area contributed by atoms with E-state index in [1.54, 1.807) is 18.6 Å². The maximum Gasteiger partial charge on any atom is 0.326 e. The molecule has 0 aliphatic carbocycles. The maximum absolute atomic E-state index is 12.4. The average Bonchev–Trinajstić information content (AvgIpc) is 3.11. The van der Waals surface area contributed by atoms with Gasteiger partial charge in [-0.1, -0.05) is 44.2 Å². The number of nitrogens with one attached hydrogen (secondary N) is 1. The molecule has 1 N–H and O–H groups in total. The predicted octanol–water partition coefficient (Wildman–Crippen LogP) is 3.48. The summed E-state index contributed by atoms with van der Waals surface area (Å²) in [4.78, 5) is 20.7. The van der Waals surface area contributed by atoms with Gasteiger partial charge in [-0.2, -0.15) is 0 Å². The molecular formula is C19H20N4O. The number of hydrogen-bond acceptors (Lipinski definition) is 3. The molecule has 1 aromatic carbocycles. The van der Waals surface area contributed by atoms with Crippen molar-refractivity contribution in [3.8, 4) is 11.3 Å². The van der Waals surface area contributed by atoms with E-state index in [2.05, 4.69) is 41.3 Å². The molecule has 3 rings (SSSR count). The first kappa shape index (κ1) is 15.9. The summed E-state index contributed by atoms with van der Waals surface area (Å²) in [6.45, 7) is 4.76. The molecule has 1 amide bonds. The number of amides is 1. The fourth-order valence-corrected chi connectivity index (χ4v) is 2.48. The number of carbonyl (C=O) groups is 1. The van der Waals surface area contributed by atoms with E-state index in [9.17, 15) is 4.79 Å². The average molecular weight is 320 g/mol. The van der Waals surface area contributed by atoms with Crippen molar-refractivity contribution >= 4 is 6.03 Å². The fraction of sp³-hybridized carbons (Fsp3) is 0.211. The minimum atomic E-state index is -0.193. The van der Waals surface area contributed by atoms with Gasteiger partial charge in [-0.15, -0.1) is 0 Å². The smallest absolute Gasteiger partial charge is 0.326 e. The number of carbonyl (C=O) groups excluding carboxylic acids is 1. The predicted molar refractivity (Wildman–Crippen MR) is 93.7 cm³/mol. The summed E-state index contributed by atoms with van der Waals surface area (Å²) in [5.74, 6) is 0. The summed E-state index contributed by atoms with van der Waals surface area (Å²) in [6, 6.07) is 13.7. The summed E-state index contributed by atoms with van der Waals surface area (Å²) in [7, 11) is 0. The molecule has 5 nitrogen and oxygen atoms in total. The molecule has 0 bridgehead atoms. The molecule has 0 saturated heterocycles. The van der Waals surface area contributed by atoms with Gasteiger partial charge in [-0.05, 0) is 17.7 Å². The largest absolute Gasteiger partial charge is 0.336 e. The standard InChI is InChI=1S/C19H20N4O/c1-19(2,16-8-4-3-5-9-16)13-21-18(24)23-12-17(22-14-23)15-7-6-10-20-11-15/h3-12,14H,13H2,1-2H3,(H,21,24). The van der Waals surface area contributed by atoms with E-state index in [4.69, 9.17) is 0 Å². The van der Waals surface area contributed by atoms with Crippen molar-refractivity contribution in [1.82, 2.24) is 19.9 Å². The van der Waals surface area contributed by atoms with Crippen molar-refractivity contribution in [1.29, 1.82) is 0 Å². The third kappa shape index (κ3) is 3.51. The lowest BCUT2D eigenvalue weighted by Crippen LogP contribution is -2.38. The van der Waals surface area contributed by atoms with Crippen LogP contribution in [0, 0.1) is 0 Å². The van der Waals surface area contributed by atoms with E-state index in [0.717, 1.165) is 11.3 Å². The number of nitrogens with zero attached hydrogens (tertiary/aromatic N) is 3. The topological polar surface area (TPSA) is 59.8 Å². The molecule has 0 spiro atoms. The van der Waals surface area contributed by atoms with Crippen LogP contribution in [0.2, 0.25) is 0 Å². The summed E-state index contributed by atoms with van der Waals surface area (Å²) in [5, 5.41) is 2.97. The van der Waals surface area contributed by atoms with Gasteiger partial charge in [0.05, 0.1) is 5.69 Å². The van der Waals surface area contributed by atoms with Crippen molar-refractivity contribution in [3.63, 3.8) is 0 Å². The highest BCUT2D eigenvalue weighted by Crippen LogP contribution is 2.21. The van der Waals surface area contributed by atoms with E-state index < -0.39 is 0 Å². The first-order valence-corrected chi connectivity index (χ1v) is 7.84. The molecule has 24 heavy (non-hydrogen) atoms. The molecule has 0 atom stereocenters. The zero-order valence-corrected chi connectivity index (χ0v) is 13.8. The van der Waals surface area contributed by atoms with Gasteiger partial charge < -0.3 is 5.32 Å². The number of hydrogen-bond donors (Lipinski definition) is 1. The number of pyridine rings is 1. The molecule has 0 aliphatic heterocycles. The summed E-state index contributed by atoms with van der Waals surface area (Å²) < 4.78 is 1.46. The van der Waals surface area contributed by atoms with E-state index in [-0.39, 0.29) is 11.4 Å². The van der Waals surface area contributed by atoms with Crippen molar-refractivity contribution in [2.75, 3.05) is 6.54 Å². The molecule has 2 aromatic heterocycles. The quantitative estimate of drug-likeness (QED) is 0.800. The van der Waals surface area contributed by atoms with E-state index in [1.165, 1.54) is 16.5 Å². The van der Waals surface area contributed by atoms with Gasteiger partial charge in [0.15, 0.2) is 0 Å². The van der Waals surface area contributed by atoms with Crippen LogP contribution in [0.25, 0.3) is 11.3 Å². The normalized spacial score (nSPS) is 11.2.